The largest absolute Gasteiger partial charge is 0.434 e. The van der Waals surface area contributed by atoms with E-state index in [0.29, 0.717) is 5.56 Å². The lowest BCUT2D eigenvalue weighted by atomic mass is 10.2. The Labute approximate surface area is 115 Å². The van der Waals surface area contributed by atoms with Crippen LogP contribution in [0.1, 0.15) is 5.56 Å². The summed E-state index contributed by atoms with van der Waals surface area (Å²) in [6, 6.07) is 12.1. The molecule has 0 spiro atoms. The third-order valence-corrected chi connectivity index (χ3v) is 2.98. The maximum Gasteiger partial charge on any atom is 0.246 e. The first-order chi connectivity index (χ1) is 9.78. The Bertz CT molecular complexity index is 756. The Balaban J connectivity index is 2.01. The van der Waals surface area contributed by atoms with Gasteiger partial charge in [0.05, 0.1) is 6.20 Å². The van der Waals surface area contributed by atoms with Gasteiger partial charge in [0, 0.05) is 17.3 Å². The van der Waals surface area contributed by atoms with E-state index in [2.05, 4.69) is 10.2 Å². The van der Waals surface area contributed by atoms with Gasteiger partial charge in [-0.3, -0.25) is 0 Å². The number of ether oxygens (including phenoxy) is 1. The number of rotatable bonds is 3. The van der Waals surface area contributed by atoms with Gasteiger partial charge in [-0.2, -0.15) is 5.10 Å². The normalized spacial score (nSPS) is 10.7. The van der Waals surface area contributed by atoms with Crippen molar-refractivity contribution in [1.29, 1.82) is 0 Å². The summed E-state index contributed by atoms with van der Waals surface area (Å²) < 4.78 is 19.4. The van der Waals surface area contributed by atoms with E-state index in [1.54, 1.807) is 18.3 Å². The molecule has 0 fully saturated rings. The van der Waals surface area contributed by atoms with Crippen LogP contribution in [0.15, 0.2) is 48.7 Å². The second-order valence-corrected chi connectivity index (χ2v) is 4.31. The number of halogens is 1. The predicted octanol–water partition coefficient (Wildman–Crippen LogP) is 3.02. The van der Waals surface area contributed by atoms with Gasteiger partial charge >= 0.3 is 0 Å². The van der Waals surface area contributed by atoms with E-state index in [-0.39, 0.29) is 18.2 Å². The summed E-state index contributed by atoms with van der Waals surface area (Å²) in [6.07, 6.45) is 1.63. The number of hydrogen-bond donors (Lipinski definition) is 1. The van der Waals surface area contributed by atoms with E-state index in [9.17, 15) is 4.39 Å². The van der Waals surface area contributed by atoms with Crippen molar-refractivity contribution < 1.29 is 9.13 Å². The van der Waals surface area contributed by atoms with E-state index < -0.39 is 5.82 Å². The number of aromatic nitrogens is 2. The summed E-state index contributed by atoms with van der Waals surface area (Å²) >= 11 is 0. The minimum atomic E-state index is -0.470. The Kier molecular flexibility index (Phi) is 3.26. The number of nitrogens with two attached hydrogens (primary N) is 1. The van der Waals surface area contributed by atoms with Crippen molar-refractivity contribution in [2.45, 2.75) is 6.54 Å². The lowest BCUT2D eigenvalue weighted by molar-refractivity contribution is 0.426. The standard InChI is InChI=1S/C15H12FN3O/c16-13-7-10(8-17)5-6-14(13)20-15-12-4-2-1-3-11(12)9-18-19-15/h1-7,9H,8,17H2. The average molecular weight is 269 g/mol. The van der Waals surface area contributed by atoms with Crippen molar-refractivity contribution in [1.82, 2.24) is 10.2 Å². The van der Waals surface area contributed by atoms with Crippen molar-refractivity contribution in [3.05, 3.63) is 60.0 Å². The molecule has 0 aliphatic carbocycles. The van der Waals surface area contributed by atoms with Crippen LogP contribution in [0.2, 0.25) is 0 Å². The molecular formula is C15H12FN3O. The monoisotopic (exact) mass is 269 g/mol. The summed E-state index contributed by atoms with van der Waals surface area (Å²) in [5.74, 6) is -0.0852. The highest BCUT2D eigenvalue weighted by Crippen LogP contribution is 2.28. The van der Waals surface area contributed by atoms with E-state index in [4.69, 9.17) is 10.5 Å². The molecule has 5 heteroatoms. The van der Waals surface area contributed by atoms with Gasteiger partial charge in [0.15, 0.2) is 11.6 Å². The molecule has 1 heterocycles. The van der Waals surface area contributed by atoms with E-state index in [0.717, 1.165) is 10.8 Å². The third-order valence-electron chi connectivity index (χ3n) is 2.98. The van der Waals surface area contributed by atoms with Gasteiger partial charge in [-0.15, -0.1) is 5.10 Å². The fraction of sp³-hybridized carbons (Fsp3) is 0.0667. The minimum Gasteiger partial charge on any atom is -0.434 e. The molecule has 0 saturated heterocycles. The molecule has 0 aliphatic rings. The molecular weight excluding hydrogens is 257 g/mol. The summed E-state index contributed by atoms with van der Waals surface area (Å²) in [4.78, 5) is 0. The molecule has 0 bridgehead atoms. The Morgan fingerprint density at radius 2 is 2.00 bits per heavy atom. The Hall–Kier alpha value is -2.53. The molecule has 3 aromatic rings. The van der Waals surface area contributed by atoms with Crippen molar-refractivity contribution in [2.24, 2.45) is 5.73 Å². The molecule has 3 rings (SSSR count). The van der Waals surface area contributed by atoms with Gasteiger partial charge in [0.25, 0.3) is 0 Å². The van der Waals surface area contributed by atoms with Gasteiger partial charge in [-0.25, -0.2) is 4.39 Å². The second kappa shape index (κ2) is 5.22. The van der Waals surface area contributed by atoms with Gasteiger partial charge in [0.1, 0.15) is 0 Å². The molecule has 2 N–H and O–H groups in total. The lowest BCUT2D eigenvalue weighted by Gasteiger charge is -2.08. The van der Waals surface area contributed by atoms with E-state index in [1.165, 1.54) is 6.07 Å². The highest BCUT2D eigenvalue weighted by atomic mass is 19.1. The van der Waals surface area contributed by atoms with Crippen LogP contribution < -0.4 is 10.5 Å². The molecule has 0 radical (unpaired) electrons. The van der Waals surface area contributed by atoms with Crippen LogP contribution in [-0.2, 0) is 6.54 Å². The summed E-state index contributed by atoms with van der Waals surface area (Å²) in [5.41, 5.74) is 6.17. The molecule has 0 amide bonds. The van der Waals surface area contributed by atoms with Crippen LogP contribution in [-0.4, -0.2) is 10.2 Å². The summed E-state index contributed by atoms with van der Waals surface area (Å²) in [5, 5.41) is 9.45. The van der Waals surface area contributed by atoms with Crippen LogP contribution in [0, 0.1) is 5.82 Å². The van der Waals surface area contributed by atoms with Crippen molar-refractivity contribution in [2.75, 3.05) is 0 Å². The SMILES string of the molecule is NCc1ccc(Oc2nncc3ccccc23)c(F)c1. The highest BCUT2D eigenvalue weighted by Gasteiger charge is 2.09. The van der Waals surface area contributed by atoms with Crippen LogP contribution in [0.4, 0.5) is 4.39 Å². The Morgan fingerprint density at radius 1 is 1.15 bits per heavy atom. The molecule has 2 aromatic carbocycles. The zero-order valence-electron chi connectivity index (χ0n) is 10.6. The number of benzene rings is 2. The third kappa shape index (κ3) is 2.31. The molecule has 100 valence electrons. The van der Waals surface area contributed by atoms with Crippen molar-refractivity contribution in [3.63, 3.8) is 0 Å². The Morgan fingerprint density at radius 3 is 2.80 bits per heavy atom. The molecule has 0 atom stereocenters. The van der Waals surface area contributed by atoms with Crippen molar-refractivity contribution >= 4 is 10.8 Å². The molecule has 4 nitrogen and oxygen atoms in total. The maximum atomic E-state index is 13.9. The number of fused-ring (bicyclic) bond motifs is 1. The minimum absolute atomic E-state index is 0.104. The van der Waals surface area contributed by atoms with Crippen LogP contribution in [0.3, 0.4) is 0 Å². The number of nitrogens with zero attached hydrogens (tertiary/aromatic N) is 2. The van der Waals surface area contributed by atoms with Crippen LogP contribution in [0.5, 0.6) is 11.6 Å². The molecule has 0 unspecified atom stereocenters. The van der Waals surface area contributed by atoms with E-state index >= 15 is 0 Å². The zero-order valence-corrected chi connectivity index (χ0v) is 10.6. The highest BCUT2D eigenvalue weighted by molar-refractivity contribution is 5.85. The van der Waals surface area contributed by atoms with Gasteiger partial charge in [0.2, 0.25) is 5.88 Å². The second-order valence-electron chi connectivity index (χ2n) is 4.31. The molecule has 20 heavy (non-hydrogen) atoms. The van der Waals surface area contributed by atoms with Gasteiger partial charge in [-0.1, -0.05) is 24.3 Å². The summed E-state index contributed by atoms with van der Waals surface area (Å²) in [6.45, 7) is 0.283. The van der Waals surface area contributed by atoms with E-state index in [1.807, 2.05) is 24.3 Å². The average Bonchev–Trinajstić information content (AvgIpc) is 2.49. The molecule has 0 saturated carbocycles. The summed E-state index contributed by atoms with van der Waals surface area (Å²) in [7, 11) is 0. The van der Waals surface area contributed by atoms with Crippen LogP contribution in [0.25, 0.3) is 10.8 Å². The fourth-order valence-electron chi connectivity index (χ4n) is 1.94. The van der Waals surface area contributed by atoms with Gasteiger partial charge in [-0.05, 0) is 23.8 Å². The molecule has 1 aromatic heterocycles. The molecule has 0 aliphatic heterocycles. The fourth-order valence-corrected chi connectivity index (χ4v) is 1.94. The predicted molar refractivity (Wildman–Crippen MR) is 73.9 cm³/mol. The quantitative estimate of drug-likeness (QED) is 0.794. The zero-order chi connectivity index (χ0) is 13.9. The van der Waals surface area contributed by atoms with Crippen LogP contribution >= 0.6 is 0 Å². The lowest BCUT2D eigenvalue weighted by Crippen LogP contribution is -1.98. The first kappa shape index (κ1) is 12.5. The maximum absolute atomic E-state index is 13.9. The topological polar surface area (TPSA) is 61.0 Å². The van der Waals surface area contributed by atoms with Crippen molar-refractivity contribution in [3.8, 4) is 11.6 Å². The first-order valence-electron chi connectivity index (χ1n) is 6.14. The smallest absolute Gasteiger partial charge is 0.246 e. The first-order valence-corrected chi connectivity index (χ1v) is 6.14. The number of hydrogen-bond acceptors (Lipinski definition) is 4. The van der Waals surface area contributed by atoms with Gasteiger partial charge < -0.3 is 10.5 Å².